The Balaban J connectivity index is 1.41. The molecule has 38 heavy (non-hydrogen) atoms. The number of rotatable bonds is 5. The minimum atomic E-state index is -4.52. The van der Waals surface area contributed by atoms with E-state index in [1.54, 1.807) is 11.0 Å². The lowest BCUT2D eigenvalue weighted by Crippen LogP contribution is -2.47. The second-order valence-corrected chi connectivity index (χ2v) is 9.35. The zero-order chi connectivity index (χ0) is 26.9. The maximum absolute atomic E-state index is 13.8. The van der Waals surface area contributed by atoms with E-state index in [-0.39, 0.29) is 29.9 Å². The molecule has 2 aliphatic heterocycles. The molecule has 1 aromatic carbocycles. The fourth-order valence-electron chi connectivity index (χ4n) is 4.49. The van der Waals surface area contributed by atoms with Crippen LogP contribution in [0.4, 0.5) is 29.2 Å². The first-order valence-corrected chi connectivity index (χ1v) is 12.4. The summed E-state index contributed by atoms with van der Waals surface area (Å²) in [5, 5.41) is 2.96. The second kappa shape index (κ2) is 10.7. The fraction of sp³-hybridized carbons (Fsp3) is 0.360. The smallest absolute Gasteiger partial charge is 0.390 e. The predicted octanol–water partition coefficient (Wildman–Crippen LogP) is 4.33. The van der Waals surface area contributed by atoms with Gasteiger partial charge in [-0.3, -0.25) is 0 Å². The number of piperazine rings is 1. The highest BCUT2D eigenvalue weighted by Gasteiger charge is 2.36. The largest absolute Gasteiger partial charge is 0.419 e. The Kier molecular flexibility index (Phi) is 7.35. The molecule has 8 nitrogen and oxygen atoms in total. The minimum absolute atomic E-state index is 0.0965. The summed E-state index contributed by atoms with van der Waals surface area (Å²) < 4.78 is 59.7. The van der Waals surface area contributed by atoms with Crippen molar-refractivity contribution in [1.82, 2.24) is 20.3 Å². The Morgan fingerprint density at radius 1 is 1.08 bits per heavy atom. The maximum atomic E-state index is 13.8. The number of halogens is 5. The summed E-state index contributed by atoms with van der Waals surface area (Å²) in [5.41, 5.74) is 0.0459. The van der Waals surface area contributed by atoms with Crippen LogP contribution in [0.15, 0.2) is 42.6 Å². The van der Waals surface area contributed by atoms with Crippen molar-refractivity contribution in [2.24, 2.45) is 0 Å². The van der Waals surface area contributed by atoms with Crippen molar-refractivity contribution in [2.75, 3.05) is 42.5 Å². The first-order valence-electron chi connectivity index (χ1n) is 12.0. The zero-order valence-electron chi connectivity index (χ0n) is 20.0. The van der Waals surface area contributed by atoms with Gasteiger partial charge in [0, 0.05) is 44.0 Å². The van der Waals surface area contributed by atoms with Crippen molar-refractivity contribution in [3.63, 3.8) is 0 Å². The number of nitrogens with one attached hydrogen (secondary N) is 1. The highest BCUT2D eigenvalue weighted by Crippen LogP contribution is 2.36. The van der Waals surface area contributed by atoms with Gasteiger partial charge in [-0.1, -0.05) is 11.6 Å². The molecule has 0 spiro atoms. The van der Waals surface area contributed by atoms with Crippen molar-refractivity contribution >= 4 is 29.2 Å². The normalized spacial score (nSPS) is 18.1. The number of esters is 1. The van der Waals surface area contributed by atoms with Gasteiger partial charge < -0.3 is 19.9 Å². The third-order valence-corrected chi connectivity index (χ3v) is 6.73. The Morgan fingerprint density at radius 3 is 2.53 bits per heavy atom. The molecule has 0 unspecified atom stereocenters. The molecule has 0 saturated carbocycles. The van der Waals surface area contributed by atoms with E-state index in [0.29, 0.717) is 43.1 Å². The van der Waals surface area contributed by atoms with Crippen LogP contribution in [0.2, 0.25) is 5.02 Å². The molecule has 5 rings (SSSR count). The first-order chi connectivity index (χ1) is 18.2. The molecule has 2 aliphatic rings. The topological polar surface area (TPSA) is 83.5 Å². The van der Waals surface area contributed by atoms with Crippen LogP contribution in [0.1, 0.15) is 18.4 Å². The number of carbonyl (C=O) groups excluding carboxylic acids is 1. The summed E-state index contributed by atoms with van der Waals surface area (Å²) in [6, 6.07) is 7.39. The minimum Gasteiger partial charge on any atom is -0.390 e. The molecular weight excluding hydrogens is 528 g/mol. The number of benzene rings is 1. The van der Waals surface area contributed by atoms with Gasteiger partial charge in [0.1, 0.15) is 23.5 Å². The predicted molar refractivity (Wildman–Crippen MR) is 133 cm³/mol. The molecule has 1 N–H and O–H groups in total. The van der Waals surface area contributed by atoms with Crippen molar-refractivity contribution in [1.29, 1.82) is 0 Å². The van der Waals surface area contributed by atoms with Crippen molar-refractivity contribution < 1.29 is 27.1 Å². The molecule has 2 aromatic heterocycles. The molecule has 0 bridgehead atoms. The first kappa shape index (κ1) is 26.1. The molecule has 0 radical (unpaired) electrons. The number of ether oxygens (including phenoxy) is 1. The van der Waals surface area contributed by atoms with E-state index in [0.717, 1.165) is 12.5 Å². The van der Waals surface area contributed by atoms with Crippen LogP contribution < -0.4 is 19.9 Å². The lowest BCUT2D eigenvalue weighted by atomic mass is 10.1. The average molecular weight is 551 g/mol. The maximum Gasteiger partial charge on any atom is 0.419 e. The average Bonchev–Trinajstić information content (AvgIpc) is 3.45. The van der Waals surface area contributed by atoms with Crippen LogP contribution in [0, 0.1) is 5.82 Å². The van der Waals surface area contributed by atoms with Gasteiger partial charge in [-0.05, 0) is 49.7 Å². The number of hydrogen-bond acceptors (Lipinski definition) is 8. The Labute approximate surface area is 220 Å². The SMILES string of the molecule is O=C(Oc1nc(-c2ccc(F)c(Cl)c2)cc(N2CCN(c3ncccc3C(F)(F)F)CC2)n1)[C@@H]1CCCN1. The molecule has 13 heteroatoms. The zero-order valence-corrected chi connectivity index (χ0v) is 20.8. The standard InChI is InChI=1S/C25H23ClF4N6O2/c26-17-13-15(5-6-18(17)27)20-14-21(34-24(33-20)38-23(37)19-4-2-7-31-19)35-9-11-36(12-10-35)22-16(25(28,29)30)3-1-8-32-22/h1,3,5-6,8,13-14,19,31H,2,4,7,9-12H2/t19-/m0/s1. The molecule has 0 amide bonds. The molecule has 1 atom stereocenters. The summed E-state index contributed by atoms with van der Waals surface area (Å²) in [7, 11) is 0. The Hall–Kier alpha value is -3.51. The number of pyridine rings is 1. The number of nitrogens with zero attached hydrogens (tertiary/aromatic N) is 5. The molecule has 3 aromatic rings. The van der Waals surface area contributed by atoms with Gasteiger partial charge in [0.2, 0.25) is 0 Å². The van der Waals surface area contributed by atoms with Crippen LogP contribution in [0.5, 0.6) is 6.01 Å². The molecule has 2 fully saturated rings. The quantitative estimate of drug-likeness (QED) is 0.371. The van der Waals surface area contributed by atoms with E-state index in [9.17, 15) is 22.4 Å². The number of hydrogen-bond donors (Lipinski definition) is 1. The fourth-order valence-corrected chi connectivity index (χ4v) is 4.67. The van der Waals surface area contributed by atoms with Gasteiger partial charge in [0.25, 0.3) is 0 Å². The van der Waals surface area contributed by atoms with Crippen LogP contribution >= 0.6 is 11.6 Å². The van der Waals surface area contributed by atoms with Gasteiger partial charge in [0.05, 0.1) is 16.3 Å². The van der Waals surface area contributed by atoms with Crippen molar-refractivity contribution in [3.8, 4) is 17.3 Å². The number of anilines is 2. The lowest BCUT2D eigenvalue weighted by molar-refractivity contribution is -0.138. The van der Waals surface area contributed by atoms with E-state index in [1.807, 2.05) is 4.90 Å². The van der Waals surface area contributed by atoms with Gasteiger partial charge in [-0.15, -0.1) is 0 Å². The Morgan fingerprint density at radius 2 is 1.84 bits per heavy atom. The highest BCUT2D eigenvalue weighted by atomic mass is 35.5. The van der Waals surface area contributed by atoms with Crippen LogP contribution in [-0.4, -0.2) is 59.7 Å². The third kappa shape index (κ3) is 5.65. The monoisotopic (exact) mass is 550 g/mol. The van der Waals surface area contributed by atoms with Gasteiger partial charge in [-0.25, -0.2) is 14.2 Å². The van der Waals surface area contributed by atoms with E-state index in [1.165, 1.54) is 30.5 Å². The molecule has 4 heterocycles. The van der Waals surface area contributed by atoms with Crippen LogP contribution in [-0.2, 0) is 11.0 Å². The summed E-state index contributed by atoms with van der Waals surface area (Å²) in [6.45, 7) is 1.86. The molecule has 200 valence electrons. The summed E-state index contributed by atoms with van der Waals surface area (Å²) in [4.78, 5) is 28.8. The number of alkyl halides is 3. The molecule has 2 saturated heterocycles. The number of carbonyl (C=O) groups is 1. The van der Waals surface area contributed by atoms with Crippen LogP contribution in [0.3, 0.4) is 0 Å². The molecular formula is C25H23ClF4N6O2. The van der Waals surface area contributed by atoms with Crippen molar-refractivity contribution in [2.45, 2.75) is 25.1 Å². The van der Waals surface area contributed by atoms with E-state index < -0.39 is 29.6 Å². The Bertz CT molecular complexity index is 1330. The molecule has 0 aliphatic carbocycles. The third-order valence-electron chi connectivity index (χ3n) is 6.44. The van der Waals surface area contributed by atoms with E-state index in [2.05, 4.69) is 20.3 Å². The summed E-state index contributed by atoms with van der Waals surface area (Å²) in [5.74, 6) is -0.813. The highest BCUT2D eigenvalue weighted by molar-refractivity contribution is 6.31. The number of aromatic nitrogens is 3. The van der Waals surface area contributed by atoms with Gasteiger partial charge >= 0.3 is 18.2 Å². The van der Waals surface area contributed by atoms with Crippen molar-refractivity contribution in [3.05, 3.63) is 59.0 Å². The summed E-state index contributed by atoms with van der Waals surface area (Å²) >= 11 is 5.97. The summed E-state index contributed by atoms with van der Waals surface area (Å²) in [6.07, 6.45) is -1.71. The van der Waals surface area contributed by atoms with Crippen LogP contribution in [0.25, 0.3) is 11.3 Å². The lowest BCUT2D eigenvalue weighted by Gasteiger charge is -2.37. The van der Waals surface area contributed by atoms with Gasteiger partial charge in [-0.2, -0.15) is 23.1 Å². The van der Waals surface area contributed by atoms with E-state index in [4.69, 9.17) is 16.3 Å². The van der Waals surface area contributed by atoms with E-state index >= 15 is 0 Å². The second-order valence-electron chi connectivity index (χ2n) is 8.94. The van der Waals surface area contributed by atoms with Gasteiger partial charge in [0.15, 0.2) is 0 Å².